The van der Waals surface area contributed by atoms with Gasteiger partial charge in [-0.1, -0.05) is 18.4 Å². The highest BCUT2D eigenvalue weighted by atomic mass is 19.1. The number of anilines is 2. The maximum atomic E-state index is 13.2. The molecule has 0 aliphatic carbocycles. The molecule has 6 rings (SSSR count). The molecule has 0 bridgehead atoms. The van der Waals surface area contributed by atoms with E-state index in [1.807, 2.05) is 0 Å². The molecule has 2 fully saturated rings. The number of hydrogen-bond acceptors (Lipinski definition) is 12. The molecule has 0 unspecified atom stereocenters. The zero-order valence-electron chi connectivity index (χ0n) is 31.8. The van der Waals surface area contributed by atoms with Gasteiger partial charge in [0.1, 0.15) is 45.8 Å². The van der Waals surface area contributed by atoms with Gasteiger partial charge < -0.3 is 52.1 Å². The molecule has 18 heteroatoms. The number of nitrogen functional groups attached to an aromatic ring is 2. The van der Waals surface area contributed by atoms with E-state index in [0.29, 0.717) is 47.1 Å². The van der Waals surface area contributed by atoms with Crippen LogP contribution in [0.25, 0.3) is 0 Å². The van der Waals surface area contributed by atoms with E-state index in [0.717, 1.165) is 19.5 Å². The molecule has 0 radical (unpaired) electrons. The summed E-state index contributed by atoms with van der Waals surface area (Å²) in [5, 5.41) is 12.0. The van der Waals surface area contributed by atoms with Crippen LogP contribution in [0.15, 0.2) is 48.8 Å². The maximum absolute atomic E-state index is 13.2. The summed E-state index contributed by atoms with van der Waals surface area (Å²) in [6.45, 7) is 5.13. The fourth-order valence-electron chi connectivity index (χ4n) is 6.28. The Morgan fingerprint density at radius 1 is 0.737 bits per heavy atom. The van der Waals surface area contributed by atoms with Crippen molar-refractivity contribution in [2.75, 3.05) is 66.1 Å². The number of rotatable bonds is 9. The van der Waals surface area contributed by atoms with E-state index in [1.165, 1.54) is 23.8 Å². The lowest BCUT2D eigenvalue weighted by Crippen LogP contribution is -2.29. The second-order valence-corrected chi connectivity index (χ2v) is 12.8. The van der Waals surface area contributed by atoms with Gasteiger partial charge in [0, 0.05) is 42.9 Å². The van der Waals surface area contributed by atoms with E-state index < -0.39 is 23.5 Å². The van der Waals surface area contributed by atoms with E-state index in [2.05, 4.69) is 45.8 Å². The van der Waals surface area contributed by atoms with E-state index in [4.69, 9.17) is 41.9 Å². The lowest BCUT2D eigenvalue weighted by atomic mass is 10.1. The van der Waals surface area contributed by atoms with Crippen LogP contribution < -0.4 is 47.2 Å². The Bertz CT molecular complexity index is 2280. The van der Waals surface area contributed by atoms with Crippen molar-refractivity contribution in [3.63, 3.8) is 0 Å². The third kappa shape index (κ3) is 9.38. The van der Waals surface area contributed by atoms with Gasteiger partial charge in [0.2, 0.25) is 0 Å². The molecule has 2 atom stereocenters. The SMILES string of the molecule is C=C(F)C(=O)N1CC[C@H](n2nc(C#Cc3cc(OC)cc(OC)c3)c(C(N)=O)c2N)C1.COc1cc(C#Cc2nn([C@H]3CCNC3)c(N)c2C(N)=O)cc(OC)c1. The number of halogens is 1. The number of nitrogens with zero attached hydrogens (tertiary/aromatic N) is 5. The van der Waals surface area contributed by atoms with Crippen LogP contribution in [-0.2, 0) is 4.79 Å². The first-order valence-corrected chi connectivity index (χ1v) is 17.5. The van der Waals surface area contributed by atoms with Crippen LogP contribution in [0.1, 0.15) is 68.2 Å². The maximum Gasteiger partial charge on any atom is 0.282 e. The third-order valence-electron chi connectivity index (χ3n) is 9.15. The first-order chi connectivity index (χ1) is 27.3. The molecule has 57 heavy (non-hydrogen) atoms. The molecule has 0 spiro atoms. The Hall–Kier alpha value is -7.18. The van der Waals surface area contributed by atoms with Gasteiger partial charge in [-0.05, 0) is 55.5 Å². The molecule has 17 nitrogen and oxygen atoms in total. The summed E-state index contributed by atoms with van der Waals surface area (Å²) in [6, 6.07) is 10.1. The first kappa shape index (κ1) is 41.0. The van der Waals surface area contributed by atoms with Crippen molar-refractivity contribution in [1.82, 2.24) is 29.8 Å². The van der Waals surface area contributed by atoms with Gasteiger partial charge in [-0.2, -0.15) is 10.2 Å². The summed E-state index contributed by atoms with van der Waals surface area (Å²) in [4.78, 5) is 37.0. The standard InChI is InChI=1S/C21H22FN5O4.C18H21N5O3/c1-12(22)21(29)26-7-6-14(11-26)27-19(23)18(20(24)28)17(25-27)5-4-13-8-15(30-2)10-16(9-13)31-3;1-25-13-7-11(8-14(9-13)26-2)3-4-15-16(18(20)24)17(19)23(22-15)12-5-6-21-10-12/h8-10,14H,1,6-7,11,23H2,2-3H3,(H2,24,28);7-9,12,21H,5-6,10,19H2,1-2H3,(H2,20,24)/t14-;12-/m00/s1. The van der Waals surface area contributed by atoms with Gasteiger partial charge >= 0.3 is 0 Å². The predicted molar refractivity (Wildman–Crippen MR) is 208 cm³/mol. The number of amides is 3. The van der Waals surface area contributed by atoms with Crippen molar-refractivity contribution < 1.29 is 37.7 Å². The van der Waals surface area contributed by atoms with Gasteiger partial charge in [-0.15, -0.1) is 0 Å². The minimum atomic E-state index is -1.04. The van der Waals surface area contributed by atoms with Crippen LogP contribution in [0.5, 0.6) is 23.0 Å². The monoisotopic (exact) mass is 782 g/mol. The molecule has 298 valence electrons. The zero-order valence-corrected chi connectivity index (χ0v) is 31.8. The number of likely N-dealkylation sites (tertiary alicyclic amines) is 1. The Morgan fingerprint density at radius 2 is 1.18 bits per heavy atom. The second-order valence-electron chi connectivity index (χ2n) is 12.8. The highest BCUT2D eigenvalue weighted by Gasteiger charge is 2.32. The van der Waals surface area contributed by atoms with Gasteiger partial charge in [0.05, 0.1) is 40.5 Å². The number of methoxy groups -OCH3 is 4. The summed E-state index contributed by atoms with van der Waals surface area (Å²) in [5.41, 5.74) is 25.0. The minimum absolute atomic E-state index is 0.0120. The smallest absolute Gasteiger partial charge is 0.282 e. The topological polar surface area (TPSA) is 243 Å². The number of aromatic nitrogens is 4. The summed E-state index contributed by atoms with van der Waals surface area (Å²) in [6.07, 6.45) is 1.35. The number of carbonyl (C=O) groups is 3. The van der Waals surface area contributed by atoms with Gasteiger partial charge in [-0.25, -0.2) is 13.8 Å². The largest absolute Gasteiger partial charge is 0.497 e. The Labute approximate surface area is 328 Å². The first-order valence-electron chi connectivity index (χ1n) is 17.5. The van der Waals surface area contributed by atoms with Crippen LogP contribution in [0.3, 0.4) is 0 Å². The summed E-state index contributed by atoms with van der Waals surface area (Å²) in [7, 11) is 6.17. The van der Waals surface area contributed by atoms with Crippen molar-refractivity contribution in [3.8, 4) is 46.7 Å². The third-order valence-corrected chi connectivity index (χ3v) is 9.15. The van der Waals surface area contributed by atoms with E-state index in [1.54, 1.807) is 55.3 Å². The van der Waals surface area contributed by atoms with Crippen molar-refractivity contribution >= 4 is 29.4 Å². The summed E-state index contributed by atoms with van der Waals surface area (Å²) in [5.74, 6) is 11.0. The number of nitrogens with one attached hydrogen (secondary N) is 1. The fourth-order valence-corrected chi connectivity index (χ4v) is 6.28. The molecule has 2 aromatic carbocycles. The van der Waals surface area contributed by atoms with Crippen LogP contribution in [0, 0.1) is 23.7 Å². The quantitative estimate of drug-likeness (QED) is 0.121. The van der Waals surface area contributed by atoms with Crippen LogP contribution in [0.2, 0.25) is 0 Å². The van der Waals surface area contributed by atoms with Crippen LogP contribution in [0.4, 0.5) is 16.0 Å². The van der Waals surface area contributed by atoms with Crippen molar-refractivity contribution in [2.45, 2.75) is 24.9 Å². The van der Waals surface area contributed by atoms with E-state index in [-0.39, 0.29) is 52.8 Å². The average molecular weight is 783 g/mol. The highest BCUT2D eigenvalue weighted by Crippen LogP contribution is 2.29. The molecule has 2 aliphatic rings. The number of nitrogens with two attached hydrogens (primary N) is 4. The average Bonchev–Trinajstić information content (AvgIpc) is 4.02. The molecular formula is C39H43FN10O7. The lowest BCUT2D eigenvalue weighted by Gasteiger charge is -2.16. The van der Waals surface area contributed by atoms with Crippen LogP contribution >= 0.6 is 0 Å². The number of carbonyl (C=O) groups excluding carboxylic acids is 3. The van der Waals surface area contributed by atoms with Gasteiger partial charge in [-0.3, -0.25) is 14.4 Å². The molecule has 2 saturated heterocycles. The van der Waals surface area contributed by atoms with Gasteiger partial charge in [0.15, 0.2) is 17.2 Å². The molecule has 9 N–H and O–H groups in total. The molecule has 4 heterocycles. The number of primary amides is 2. The van der Waals surface area contributed by atoms with Gasteiger partial charge in [0.25, 0.3) is 17.7 Å². The number of benzene rings is 2. The zero-order chi connectivity index (χ0) is 41.4. The van der Waals surface area contributed by atoms with Crippen molar-refractivity contribution in [3.05, 3.63) is 82.4 Å². The summed E-state index contributed by atoms with van der Waals surface area (Å²) >= 11 is 0. The summed E-state index contributed by atoms with van der Waals surface area (Å²) < 4.78 is 37.1. The second kappa shape index (κ2) is 18.0. The normalized spacial score (nSPS) is 15.6. The molecule has 4 aromatic rings. The van der Waals surface area contributed by atoms with E-state index >= 15 is 0 Å². The number of ether oxygens (including phenoxy) is 4. The van der Waals surface area contributed by atoms with Crippen molar-refractivity contribution in [2.24, 2.45) is 11.5 Å². The molecule has 2 aromatic heterocycles. The van der Waals surface area contributed by atoms with Crippen molar-refractivity contribution in [1.29, 1.82) is 0 Å². The molecule has 3 amide bonds. The minimum Gasteiger partial charge on any atom is -0.497 e. The highest BCUT2D eigenvalue weighted by molar-refractivity contribution is 6.00. The van der Waals surface area contributed by atoms with Crippen LogP contribution in [-0.4, -0.2) is 96.8 Å². The molecular weight excluding hydrogens is 739 g/mol. The Morgan fingerprint density at radius 3 is 1.54 bits per heavy atom. The Kier molecular flexibility index (Phi) is 12.9. The number of hydrogen-bond donors (Lipinski definition) is 5. The molecule has 0 saturated carbocycles. The predicted octanol–water partition coefficient (Wildman–Crippen LogP) is 1.75. The fraction of sp³-hybridized carbons (Fsp3) is 0.308. The molecule has 2 aliphatic heterocycles. The Balaban J connectivity index is 0.000000221. The van der Waals surface area contributed by atoms with E-state index in [9.17, 15) is 18.8 Å². The lowest BCUT2D eigenvalue weighted by molar-refractivity contribution is -0.127.